The van der Waals surface area contributed by atoms with Crippen molar-refractivity contribution in [2.75, 3.05) is 5.73 Å². The van der Waals surface area contributed by atoms with E-state index in [1.165, 1.54) is 16.7 Å². The quantitative estimate of drug-likeness (QED) is 0.846. The van der Waals surface area contributed by atoms with Crippen LogP contribution in [0.15, 0.2) is 42.7 Å². The molecule has 1 heterocycles. The maximum atomic E-state index is 5.85. The molecule has 20 heavy (non-hydrogen) atoms. The predicted octanol–water partition coefficient (Wildman–Crippen LogP) is 3.38. The van der Waals surface area contributed by atoms with Gasteiger partial charge in [0.05, 0.1) is 0 Å². The Morgan fingerprint density at radius 2 is 1.85 bits per heavy atom. The van der Waals surface area contributed by atoms with Crippen LogP contribution in [0.3, 0.4) is 0 Å². The number of nitrogens with zero attached hydrogens (tertiary/aromatic N) is 2. The third-order valence-corrected chi connectivity index (χ3v) is 3.38. The molecular weight excluding hydrogens is 246 g/mol. The van der Waals surface area contributed by atoms with Gasteiger partial charge in [-0.25, -0.2) is 0 Å². The lowest BCUT2D eigenvalue weighted by molar-refractivity contribution is 0.203. The Labute approximate surface area is 121 Å². The molecule has 2 aromatic rings. The fourth-order valence-electron chi connectivity index (χ4n) is 2.29. The monoisotopic (exact) mass is 269 g/mol. The lowest BCUT2D eigenvalue weighted by atomic mass is 10.1. The van der Waals surface area contributed by atoms with E-state index in [0.29, 0.717) is 6.04 Å². The highest BCUT2D eigenvalue weighted by Gasteiger charge is 2.11. The first-order valence-corrected chi connectivity index (χ1v) is 7.03. The Morgan fingerprint density at radius 1 is 1.10 bits per heavy atom. The third kappa shape index (κ3) is 4.07. The number of hydrogen-bond acceptors (Lipinski definition) is 3. The van der Waals surface area contributed by atoms with Crippen LogP contribution in [0.5, 0.6) is 0 Å². The number of nitrogen functional groups attached to an aromatic ring is 1. The summed E-state index contributed by atoms with van der Waals surface area (Å²) in [6.07, 6.45) is 3.84. The summed E-state index contributed by atoms with van der Waals surface area (Å²) in [5.74, 6) is 0. The van der Waals surface area contributed by atoms with Gasteiger partial charge in [-0.1, -0.05) is 18.2 Å². The highest BCUT2D eigenvalue weighted by molar-refractivity contribution is 5.40. The summed E-state index contributed by atoms with van der Waals surface area (Å²) in [5.41, 5.74) is 10.4. The van der Waals surface area contributed by atoms with Crippen LogP contribution in [0.4, 0.5) is 5.69 Å². The van der Waals surface area contributed by atoms with E-state index in [4.69, 9.17) is 5.73 Å². The van der Waals surface area contributed by atoms with Crippen LogP contribution in [0.25, 0.3) is 0 Å². The first-order chi connectivity index (χ1) is 9.54. The summed E-state index contributed by atoms with van der Waals surface area (Å²) >= 11 is 0. The smallest absolute Gasteiger partial charge is 0.0317 e. The lowest BCUT2D eigenvalue weighted by Crippen LogP contribution is -2.29. The summed E-state index contributed by atoms with van der Waals surface area (Å²) in [6.45, 7) is 8.32. The zero-order valence-corrected chi connectivity index (χ0v) is 12.5. The van der Waals surface area contributed by atoms with Crippen LogP contribution in [0, 0.1) is 6.92 Å². The molecule has 3 nitrogen and oxygen atoms in total. The van der Waals surface area contributed by atoms with Gasteiger partial charge in [-0.15, -0.1) is 0 Å². The second-order valence-electron chi connectivity index (χ2n) is 5.61. The van der Waals surface area contributed by atoms with Gasteiger partial charge in [-0.2, -0.15) is 0 Å². The summed E-state index contributed by atoms with van der Waals surface area (Å²) in [7, 11) is 0. The van der Waals surface area contributed by atoms with Crippen molar-refractivity contribution in [1.82, 2.24) is 9.88 Å². The molecule has 0 atom stereocenters. The summed E-state index contributed by atoms with van der Waals surface area (Å²) < 4.78 is 0. The van der Waals surface area contributed by atoms with Gasteiger partial charge in [0.15, 0.2) is 0 Å². The number of aromatic nitrogens is 1. The Hall–Kier alpha value is -1.87. The Balaban J connectivity index is 2.11. The molecule has 0 fully saturated rings. The average Bonchev–Trinajstić information content (AvgIpc) is 2.38. The van der Waals surface area contributed by atoms with Crippen LogP contribution in [0.2, 0.25) is 0 Å². The van der Waals surface area contributed by atoms with Crippen LogP contribution in [0.1, 0.15) is 30.5 Å². The molecule has 106 valence electrons. The SMILES string of the molecule is Cc1cncc(CN(Cc2cccc(N)c2)C(C)C)c1. The highest BCUT2D eigenvalue weighted by atomic mass is 15.1. The molecule has 0 radical (unpaired) electrons. The molecule has 2 N–H and O–H groups in total. The molecule has 0 saturated heterocycles. The van der Waals surface area contributed by atoms with E-state index in [9.17, 15) is 0 Å². The number of nitrogens with two attached hydrogens (primary N) is 1. The standard InChI is InChI=1S/C17H23N3/c1-13(2)20(11-15-5-4-6-17(18)8-15)12-16-7-14(3)9-19-10-16/h4-10,13H,11-12,18H2,1-3H3. The van der Waals surface area contributed by atoms with Gasteiger partial charge < -0.3 is 5.73 Å². The minimum atomic E-state index is 0.469. The van der Waals surface area contributed by atoms with Crippen LogP contribution >= 0.6 is 0 Å². The summed E-state index contributed by atoms with van der Waals surface area (Å²) in [4.78, 5) is 6.69. The van der Waals surface area contributed by atoms with Gasteiger partial charge in [-0.3, -0.25) is 9.88 Å². The zero-order valence-electron chi connectivity index (χ0n) is 12.5. The largest absolute Gasteiger partial charge is 0.399 e. The molecule has 0 aliphatic heterocycles. The molecule has 0 aliphatic rings. The van der Waals surface area contributed by atoms with Crippen molar-refractivity contribution in [2.45, 2.75) is 39.9 Å². The highest BCUT2D eigenvalue weighted by Crippen LogP contribution is 2.15. The second kappa shape index (κ2) is 6.53. The topological polar surface area (TPSA) is 42.2 Å². The molecule has 0 saturated carbocycles. The van der Waals surface area contributed by atoms with E-state index < -0.39 is 0 Å². The Kier molecular flexibility index (Phi) is 4.74. The fraction of sp³-hybridized carbons (Fsp3) is 0.353. The maximum absolute atomic E-state index is 5.85. The van der Waals surface area contributed by atoms with Crippen molar-refractivity contribution < 1.29 is 0 Å². The normalized spacial score (nSPS) is 11.2. The molecule has 1 aromatic heterocycles. The fourth-order valence-corrected chi connectivity index (χ4v) is 2.29. The average molecular weight is 269 g/mol. The number of aryl methyl sites for hydroxylation is 1. The number of anilines is 1. The third-order valence-electron chi connectivity index (χ3n) is 3.38. The molecular formula is C17H23N3. The number of benzene rings is 1. The minimum Gasteiger partial charge on any atom is -0.399 e. The van der Waals surface area contributed by atoms with Crippen molar-refractivity contribution >= 4 is 5.69 Å². The molecule has 0 aliphatic carbocycles. The van der Waals surface area contributed by atoms with Crippen molar-refractivity contribution in [3.8, 4) is 0 Å². The minimum absolute atomic E-state index is 0.469. The Bertz CT molecular complexity index is 516. The van der Waals surface area contributed by atoms with Crippen molar-refractivity contribution in [1.29, 1.82) is 0 Å². The van der Waals surface area contributed by atoms with Crippen LogP contribution < -0.4 is 5.73 Å². The van der Waals surface area contributed by atoms with Gasteiger partial charge in [0.1, 0.15) is 0 Å². The van der Waals surface area contributed by atoms with E-state index in [1.54, 1.807) is 0 Å². The first-order valence-electron chi connectivity index (χ1n) is 7.03. The van der Waals surface area contributed by atoms with Gasteiger partial charge in [-0.05, 0) is 49.6 Å². The van der Waals surface area contributed by atoms with E-state index >= 15 is 0 Å². The molecule has 1 aromatic carbocycles. The van der Waals surface area contributed by atoms with E-state index in [2.05, 4.69) is 42.8 Å². The van der Waals surface area contributed by atoms with E-state index in [1.807, 2.05) is 30.6 Å². The van der Waals surface area contributed by atoms with Crippen molar-refractivity contribution in [3.05, 3.63) is 59.4 Å². The summed E-state index contributed by atoms with van der Waals surface area (Å²) in [5, 5.41) is 0. The first kappa shape index (κ1) is 14.5. The molecule has 3 heteroatoms. The van der Waals surface area contributed by atoms with Crippen LogP contribution in [-0.2, 0) is 13.1 Å². The Morgan fingerprint density at radius 3 is 2.50 bits per heavy atom. The van der Waals surface area contributed by atoms with Crippen molar-refractivity contribution in [3.63, 3.8) is 0 Å². The molecule has 0 spiro atoms. The van der Waals surface area contributed by atoms with E-state index in [-0.39, 0.29) is 0 Å². The van der Waals surface area contributed by atoms with Gasteiger partial charge in [0, 0.05) is 37.2 Å². The number of rotatable bonds is 5. The van der Waals surface area contributed by atoms with Crippen molar-refractivity contribution in [2.24, 2.45) is 0 Å². The van der Waals surface area contributed by atoms with E-state index in [0.717, 1.165) is 18.8 Å². The van der Waals surface area contributed by atoms with Gasteiger partial charge in [0.25, 0.3) is 0 Å². The van der Waals surface area contributed by atoms with Gasteiger partial charge in [0.2, 0.25) is 0 Å². The molecule has 2 rings (SSSR count). The van der Waals surface area contributed by atoms with Gasteiger partial charge >= 0.3 is 0 Å². The predicted molar refractivity (Wildman–Crippen MR) is 84.2 cm³/mol. The maximum Gasteiger partial charge on any atom is 0.0317 e. The molecule has 0 amide bonds. The zero-order chi connectivity index (χ0) is 14.5. The van der Waals surface area contributed by atoms with Crippen LogP contribution in [-0.4, -0.2) is 15.9 Å². The lowest BCUT2D eigenvalue weighted by Gasteiger charge is -2.26. The molecule has 0 bridgehead atoms. The second-order valence-corrected chi connectivity index (χ2v) is 5.61. The number of hydrogen-bond donors (Lipinski definition) is 1. The molecule has 0 unspecified atom stereocenters. The summed E-state index contributed by atoms with van der Waals surface area (Å²) in [6, 6.07) is 10.8. The number of pyridine rings is 1.